The minimum absolute atomic E-state index is 0.0215. The molecule has 0 aliphatic rings. The van der Waals surface area contributed by atoms with E-state index in [9.17, 15) is 5.11 Å². The van der Waals surface area contributed by atoms with Crippen LogP contribution >= 0.6 is 15.9 Å². The van der Waals surface area contributed by atoms with E-state index in [2.05, 4.69) is 15.9 Å². The molecule has 15 heavy (non-hydrogen) atoms. The van der Waals surface area contributed by atoms with Crippen LogP contribution in [0.3, 0.4) is 0 Å². The molecule has 4 nitrogen and oxygen atoms in total. The lowest BCUT2D eigenvalue weighted by atomic mass is 10.2. The standard InChI is InChI=1S/C10H13BrO4/c1-13-5-6-4-7(14-2)9(12)10(15-3)8(6)11/h4,12H,5H2,1-3H3. The largest absolute Gasteiger partial charge is 0.502 e. The van der Waals surface area contributed by atoms with E-state index >= 15 is 0 Å². The number of hydrogen-bond donors (Lipinski definition) is 1. The number of rotatable bonds is 4. The highest BCUT2D eigenvalue weighted by Crippen LogP contribution is 2.43. The van der Waals surface area contributed by atoms with Gasteiger partial charge < -0.3 is 19.3 Å². The third-order valence-electron chi connectivity index (χ3n) is 1.96. The van der Waals surface area contributed by atoms with Crippen LogP contribution in [0.2, 0.25) is 0 Å². The van der Waals surface area contributed by atoms with Crippen LogP contribution in [0, 0.1) is 0 Å². The zero-order valence-corrected chi connectivity index (χ0v) is 10.4. The van der Waals surface area contributed by atoms with Crippen molar-refractivity contribution in [1.82, 2.24) is 0 Å². The molecule has 0 aliphatic carbocycles. The van der Waals surface area contributed by atoms with Crippen LogP contribution in [-0.2, 0) is 11.3 Å². The Morgan fingerprint density at radius 3 is 2.40 bits per heavy atom. The Balaban J connectivity index is 3.30. The van der Waals surface area contributed by atoms with Crippen LogP contribution in [0.5, 0.6) is 17.2 Å². The summed E-state index contributed by atoms with van der Waals surface area (Å²) in [4.78, 5) is 0. The van der Waals surface area contributed by atoms with E-state index in [1.807, 2.05) is 0 Å². The molecule has 0 amide bonds. The van der Waals surface area contributed by atoms with Gasteiger partial charge in [0.2, 0.25) is 5.75 Å². The molecule has 0 radical (unpaired) electrons. The second-order valence-electron chi connectivity index (χ2n) is 2.87. The first-order valence-electron chi connectivity index (χ1n) is 4.27. The predicted molar refractivity (Wildman–Crippen MR) is 59.6 cm³/mol. The van der Waals surface area contributed by atoms with E-state index in [0.717, 1.165) is 5.56 Å². The van der Waals surface area contributed by atoms with Gasteiger partial charge in [0.05, 0.1) is 25.3 Å². The third kappa shape index (κ3) is 2.35. The quantitative estimate of drug-likeness (QED) is 0.917. The van der Waals surface area contributed by atoms with Crippen LogP contribution in [0.4, 0.5) is 0 Å². The molecule has 0 spiro atoms. The second kappa shape index (κ2) is 5.23. The van der Waals surface area contributed by atoms with Crippen molar-refractivity contribution in [3.05, 3.63) is 16.1 Å². The van der Waals surface area contributed by atoms with Gasteiger partial charge in [-0.3, -0.25) is 0 Å². The first-order valence-corrected chi connectivity index (χ1v) is 5.06. The fraction of sp³-hybridized carbons (Fsp3) is 0.400. The lowest BCUT2D eigenvalue weighted by Gasteiger charge is -2.13. The summed E-state index contributed by atoms with van der Waals surface area (Å²) in [7, 11) is 4.56. The predicted octanol–water partition coefficient (Wildman–Crippen LogP) is 2.32. The second-order valence-corrected chi connectivity index (χ2v) is 3.66. The molecule has 1 aromatic rings. The van der Waals surface area contributed by atoms with Gasteiger partial charge in [0, 0.05) is 7.11 Å². The lowest BCUT2D eigenvalue weighted by molar-refractivity contribution is 0.183. The number of phenols is 1. The molecule has 5 heteroatoms. The smallest absolute Gasteiger partial charge is 0.201 e. The summed E-state index contributed by atoms with van der Waals surface area (Å²) in [5.74, 6) is 0.690. The van der Waals surface area contributed by atoms with Gasteiger partial charge in [-0.15, -0.1) is 0 Å². The summed E-state index contributed by atoms with van der Waals surface area (Å²) >= 11 is 3.34. The summed E-state index contributed by atoms with van der Waals surface area (Å²) in [6, 6.07) is 1.70. The number of halogens is 1. The highest BCUT2D eigenvalue weighted by Gasteiger charge is 2.17. The topological polar surface area (TPSA) is 47.9 Å². The average molecular weight is 277 g/mol. The Morgan fingerprint density at radius 1 is 1.27 bits per heavy atom. The molecule has 1 rings (SSSR count). The van der Waals surface area contributed by atoms with Gasteiger partial charge in [0.1, 0.15) is 0 Å². The third-order valence-corrected chi connectivity index (χ3v) is 2.83. The fourth-order valence-electron chi connectivity index (χ4n) is 1.25. The molecule has 0 heterocycles. The van der Waals surface area contributed by atoms with Crippen LogP contribution in [0.1, 0.15) is 5.56 Å². The fourth-order valence-corrected chi connectivity index (χ4v) is 1.83. The number of methoxy groups -OCH3 is 3. The Hall–Kier alpha value is -0.940. The van der Waals surface area contributed by atoms with Crippen molar-refractivity contribution >= 4 is 15.9 Å². The van der Waals surface area contributed by atoms with Crippen molar-refractivity contribution in [2.45, 2.75) is 6.61 Å². The van der Waals surface area contributed by atoms with Gasteiger partial charge >= 0.3 is 0 Å². The number of benzene rings is 1. The van der Waals surface area contributed by atoms with E-state index in [4.69, 9.17) is 14.2 Å². The number of ether oxygens (including phenoxy) is 3. The molecule has 0 aromatic heterocycles. The zero-order valence-electron chi connectivity index (χ0n) is 8.83. The summed E-state index contributed by atoms with van der Waals surface area (Å²) in [6.07, 6.45) is 0. The molecule has 0 unspecified atom stereocenters. The molecular formula is C10H13BrO4. The lowest BCUT2D eigenvalue weighted by Crippen LogP contribution is -1.96. The molecule has 84 valence electrons. The number of aromatic hydroxyl groups is 1. The number of hydrogen-bond acceptors (Lipinski definition) is 4. The van der Waals surface area contributed by atoms with Crippen molar-refractivity contribution in [3.63, 3.8) is 0 Å². The molecule has 0 aliphatic heterocycles. The first-order chi connectivity index (χ1) is 7.15. The summed E-state index contributed by atoms with van der Waals surface area (Å²) < 4.78 is 15.8. The van der Waals surface area contributed by atoms with Crippen LogP contribution in [0.15, 0.2) is 10.5 Å². The summed E-state index contributed by atoms with van der Waals surface area (Å²) in [5, 5.41) is 9.74. The zero-order chi connectivity index (χ0) is 11.4. The number of phenolic OH excluding ortho intramolecular Hbond substituents is 1. The van der Waals surface area contributed by atoms with Crippen molar-refractivity contribution in [2.75, 3.05) is 21.3 Å². The van der Waals surface area contributed by atoms with Gasteiger partial charge in [-0.1, -0.05) is 0 Å². The van der Waals surface area contributed by atoms with Gasteiger partial charge in [0.25, 0.3) is 0 Å². The molecule has 0 saturated carbocycles. The first kappa shape index (κ1) is 12.1. The monoisotopic (exact) mass is 276 g/mol. The van der Waals surface area contributed by atoms with E-state index in [1.165, 1.54) is 14.2 Å². The Morgan fingerprint density at radius 2 is 1.93 bits per heavy atom. The minimum Gasteiger partial charge on any atom is -0.502 e. The minimum atomic E-state index is -0.0215. The van der Waals surface area contributed by atoms with Crippen molar-refractivity contribution in [1.29, 1.82) is 0 Å². The Kier molecular flexibility index (Phi) is 4.23. The van der Waals surface area contributed by atoms with E-state index in [0.29, 0.717) is 22.6 Å². The van der Waals surface area contributed by atoms with Crippen molar-refractivity contribution < 1.29 is 19.3 Å². The van der Waals surface area contributed by atoms with E-state index < -0.39 is 0 Å². The molecule has 0 fully saturated rings. The highest BCUT2D eigenvalue weighted by molar-refractivity contribution is 9.10. The van der Waals surface area contributed by atoms with Crippen LogP contribution < -0.4 is 9.47 Å². The normalized spacial score (nSPS) is 10.1. The Bertz CT molecular complexity index is 352. The maximum Gasteiger partial charge on any atom is 0.201 e. The molecule has 1 aromatic carbocycles. The van der Waals surface area contributed by atoms with Crippen LogP contribution in [0.25, 0.3) is 0 Å². The molecule has 0 atom stereocenters. The molecule has 1 N–H and O–H groups in total. The maximum absolute atomic E-state index is 9.74. The van der Waals surface area contributed by atoms with Crippen molar-refractivity contribution in [3.8, 4) is 17.2 Å². The molecule has 0 bridgehead atoms. The summed E-state index contributed by atoms with van der Waals surface area (Å²) in [5.41, 5.74) is 0.851. The maximum atomic E-state index is 9.74. The van der Waals surface area contributed by atoms with Gasteiger partial charge in [-0.25, -0.2) is 0 Å². The van der Waals surface area contributed by atoms with Gasteiger partial charge in [0.15, 0.2) is 11.5 Å². The highest BCUT2D eigenvalue weighted by atomic mass is 79.9. The van der Waals surface area contributed by atoms with Gasteiger partial charge in [-0.05, 0) is 27.6 Å². The average Bonchev–Trinajstić information content (AvgIpc) is 2.23. The molecular weight excluding hydrogens is 264 g/mol. The van der Waals surface area contributed by atoms with Crippen molar-refractivity contribution in [2.24, 2.45) is 0 Å². The summed E-state index contributed by atoms with van der Waals surface area (Å²) in [6.45, 7) is 0.410. The van der Waals surface area contributed by atoms with Gasteiger partial charge in [-0.2, -0.15) is 0 Å². The van der Waals surface area contributed by atoms with Crippen LogP contribution in [-0.4, -0.2) is 26.4 Å². The molecule has 0 saturated heterocycles. The SMILES string of the molecule is COCc1cc(OC)c(O)c(OC)c1Br. The van der Waals surface area contributed by atoms with E-state index in [-0.39, 0.29) is 5.75 Å². The van der Waals surface area contributed by atoms with E-state index in [1.54, 1.807) is 13.2 Å². The Labute approximate surface area is 96.9 Å².